The van der Waals surface area contributed by atoms with Gasteiger partial charge in [-0.05, 0) is 16.4 Å². The number of rotatable bonds is 10. The number of aliphatic hydroxyl groups excluding tert-OH is 3. The van der Waals surface area contributed by atoms with Gasteiger partial charge in [-0.1, -0.05) is 0 Å². The number of aliphatic hydroxyl groups is 3. The molecule has 4 aromatic rings. The Bertz CT molecular complexity index is 1860. The van der Waals surface area contributed by atoms with Gasteiger partial charge >= 0.3 is 13.9 Å². The van der Waals surface area contributed by atoms with Gasteiger partial charge in [-0.15, -0.1) is 4.52 Å². The first-order valence-electron chi connectivity index (χ1n) is 12.8. The summed E-state index contributed by atoms with van der Waals surface area (Å²) in [4.78, 5) is 45.8. The first-order chi connectivity index (χ1) is 21.4. The van der Waals surface area contributed by atoms with Gasteiger partial charge in [0.2, 0.25) is 5.95 Å². The van der Waals surface area contributed by atoms with E-state index < -0.39 is 81.8 Å². The van der Waals surface area contributed by atoms with Crippen molar-refractivity contribution in [2.45, 2.75) is 49.1 Å². The number of nitrogens with one attached hydrogen (secondary N) is 1. The third kappa shape index (κ3) is 6.07. The maximum Gasteiger partial charge on any atom is 0.582 e. The molecular formula is C20H25N10O11P2S2+. The van der Waals surface area contributed by atoms with Crippen LogP contribution in [0.2, 0.25) is 0 Å². The Morgan fingerprint density at radius 3 is 2.40 bits per heavy atom. The second-order valence-electron chi connectivity index (χ2n) is 9.79. The fourth-order valence-corrected chi connectivity index (χ4v) is 7.22. The Labute approximate surface area is 261 Å². The van der Waals surface area contributed by atoms with Crippen molar-refractivity contribution in [3.63, 3.8) is 0 Å². The van der Waals surface area contributed by atoms with Gasteiger partial charge in [0.05, 0.1) is 25.9 Å². The smallest absolute Gasteiger partial charge is 0.394 e. The van der Waals surface area contributed by atoms with E-state index in [2.05, 4.69) is 42.2 Å². The first kappa shape index (κ1) is 32.2. The number of nitrogen functional groups attached to an aromatic ring is 2. The molecule has 21 nitrogen and oxygen atoms in total. The highest BCUT2D eigenvalue weighted by molar-refractivity contribution is 8.39. The molecule has 0 radical (unpaired) electrons. The summed E-state index contributed by atoms with van der Waals surface area (Å²) in [6, 6.07) is 0. The van der Waals surface area contributed by atoms with Crippen LogP contribution < -0.4 is 17.0 Å². The van der Waals surface area contributed by atoms with Gasteiger partial charge in [-0.2, -0.15) is 4.98 Å². The number of nitrogens with zero attached hydrogens (tertiary/aromatic N) is 7. The van der Waals surface area contributed by atoms with Crippen molar-refractivity contribution in [1.82, 2.24) is 39.0 Å². The highest BCUT2D eigenvalue weighted by Crippen LogP contribution is 2.51. The third-order valence-electron chi connectivity index (χ3n) is 7.06. The van der Waals surface area contributed by atoms with Crippen molar-refractivity contribution in [2.75, 3.05) is 24.7 Å². The molecule has 45 heavy (non-hydrogen) atoms. The quantitative estimate of drug-likeness (QED) is 0.0667. The molecular weight excluding hydrogens is 682 g/mol. The van der Waals surface area contributed by atoms with Crippen molar-refractivity contribution in [3.8, 4) is 0 Å². The number of imidazole rings is 2. The molecule has 0 amide bonds. The van der Waals surface area contributed by atoms with Gasteiger partial charge in [-0.3, -0.25) is 23.4 Å². The highest BCUT2D eigenvalue weighted by atomic mass is 32.7. The van der Waals surface area contributed by atoms with Gasteiger partial charge < -0.3 is 45.7 Å². The van der Waals surface area contributed by atoms with Gasteiger partial charge in [0.1, 0.15) is 54.6 Å². The summed E-state index contributed by atoms with van der Waals surface area (Å²) in [5, 5.41) is 31.6. The predicted octanol–water partition coefficient (Wildman–Crippen LogP) is -1.78. The summed E-state index contributed by atoms with van der Waals surface area (Å²) in [5.41, 5.74) is 11.2. The zero-order valence-electron chi connectivity index (χ0n) is 22.4. The number of thiol groups is 1. The van der Waals surface area contributed by atoms with Crippen molar-refractivity contribution in [2.24, 2.45) is 0 Å². The minimum Gasteiger partial charge on any atom is -0.394 e. The van der Waals surface area contributed by atoms with Crippen molar-refractivity contribution < 1.29 is 47.8 Å². The SMILES string of the molecule is Nc1nc2c(ncn2[C@@H]2O[C@H](CO)C(O)C2OP(O)(=S)OC[C@H]2O[C@@H](n3cnc4c(N)ncnc43)C(O[P+](=O)S)C2O)c(=O)[nH]1. The minimum absolute atomic E-state index is 0.0334. The lowest BCUT2D eigenvalue weighted by molar-refractivity contribution is -0.0561. The summed E-state index contributed by atoms with van der Waals surface area (Å²) in [6.45, 7) is -5.50. The largest absolute Gasteiger partial charge is 0.582 e. The molecule has 0 saturated carbocycles. The van der Waals surface area contributed by atoms with Crippen LogP contribution >= 0.6 is 26.2 Å². The summed E-state index contributed by atoms with van der Waals surface area (Å²) in [5.74, 6) is -0.139. The van der Waals surface area contributed by atoms with E-state index in [-0.39, 0.29) is 34.1 Å². The number of aromatic nitrogens is 8. The van der Waals surface area contributed by atoms with Gasteiger partial charge in [0.25, 0.3) is 5.56 Å². The van der Waals surface area contributed by atoms with Crippen LogP contribution in [0, 0.1) is 0 Å². The van der Waals surface area contributed by atoms with Crippen LogP contribution in [0.4, 0.5) is 11.8 Å². The second kappa shape index (κ2) is 12.4. The molecule has 25 heteroatoms. The van der Waals surface area contributed by atoms with Gasteiger partial charge in [-0.25, -0.2) is 19.9 Å². The molecule has 0 aromatic carbocycles. The zero-order valence-corrected chi connectivity index (χ0v) is 25.9. The Balaban J connectivity index is 1.22. The number of hydrogen-bond donors (Lipinski definition) is 8. The molecule has 0 bridgehead atoms. The van der Waals surface area contributed by atoms with E-state index in [0.29, 0.717) is 0 Å². The lowest BCUT2D eigenvalue weighted by atomic mass is 10.1. The van der Waals surface area contributed by atoms with Crippen molar-refractivity contribution in [3.05, 3.63) is 29.3 Å². The standard InChI is InChI=1S/C20H24N10O11P2S2/c21-14-8-15(24-3-23-14)29(4-25-8)18-12(40-42(35)44)11(33)7(39-18)2-37-43(36,45)41-13-10(32)6(1-31)38-19(13)30-5-26-9-16(30)27-20(22)28-17(9)34/h3-7,10-13,18-19,31-33H,1-2H2,(H6-,21,22,23,24,27,28,34,35,36,44,45)/p+1/t6-,7-,10?,11?,12?,13?,18-,19-,43?/m1/s1. The van der Waals surface area contributed by atoms with Gasteiger partial charge in [0, 0.05) is 0 Å². The van der Waals surface area contributed by atoms with Crippen LogP contribution in [0.1, 0.15) is 12.5 Å². The van der Waals surface area contributed by atoms with Crippen molar-refractivity contribution in [1.29, 1.82) is 0 Å². The Morgan fingerprint density at radius 1 is 1.04 bits per heavy atom. The van der Waals surface area contributed by atoms with Crippen molar-refractivity contribution >= 4 is 72.1 Å². The predicted molar refractivity (Wildman–Crippen MR) is 158 cm³/mol. The Hall–Kier alpha value is -2.76. The van der Waals surface area contributed by atoms with E-state index >= 15 is 0 Å². The molecule has 2 aliphatic heterocycles. The molecule has 2 saturated heterocycles. The average molecular weight is 708 g/mol. The number of nitrogens with two attached hydrogens (primary N) is 2. The van der Waals surface area contributed by atoms with Gasteiger partial charge in [0.15, 0.2) is 41.2 Å². The molecule has 6 rings (SSSR count). The van der Waals surface area contributed by atoms with E-state index in [4.69, 9.17) is 46.3 Å². The molecule has 2 fully saturated rings. The molecule has 0 aliphatic carbocycles. The number of anilines is 2. The zero-order chi connectivity index (χ0) is 32.2. The number of hydrogen-bond acceptors (Lipinski definition) is 18. The molecule has 9 N–H and O–H groups in total. The topological polar surface area (TPSA) is 303 Å². The number of H-pyrrole nitrogens is 1. The second-order valence-corrected chi connectivity index (χ2v) is 14.3. The lowest BCUT2D eigenvalue weighted by Gasteiger charge is -2.27. The lowest BCUT2D eigenvalue weighted by Crippen LogP contribution is -2.36. The minimum atomic E-state index is -4.28. The summed E-state index contributed by atoms with van der Waals surface area (Å²) >= 11 is 8.97. The summed E-state index contributed by atoms with van der Waals surface area (Å²) < 4.78 is 42.6. The summed E-state index contributed by atoms with van der Waals surface area (Å²) in [6.07, 6.45) is -6.99. The Morgan fingerprint density at radius 2 is 1.69 bits per heavy atom. The average Bonchev–Trinajstić information content (AvgIpc) is 3.73. The van der Waals surface area contributed by atoms with E-state index in [0.717, 1.165) is 0 Å². The van der Waals surface area contributed by atoms with E-state index in [1.807, 2.05) is 0 Å². The molecule has 10 atom stereocenters. The van der Waals surface area contributed by atoms with E-state index in [1.165, 1.54) is 28.1 Å². The molecule has 6 heterocycles. The Kier molecular flexibility index (Phi) is 8.91. The molecule has 6 unspecified atom stereocenters. The maximum atomic E-state index is 12.3. The summed E-state index contributed by atoms with van der Waals surface area (Å²) in [7, 11) is -2.52. The fraction of sp³-hybridized carbons (Fsp3) is 0.500. The number of aromatic amines is 1. The normalized spacial score (nSPS) is 30.3. The molecule has 242 valence electrons. The maximum absolute atomic E-state index is 12.3. The van der Waals surface area contributed by atoms with Crippen LogP contribution in [0.25, 0.3) is 22.3 Å². The first-order valence-corrected chi connectivity index (χ1v) is 17.7. The fourth-order valence-electron chi connectivity index (χ4n) is 5.04. The molecule has 2 aliphatic rings. The van der Waals surface area contributed by atoms with Crippen LogP contribution in [0.3, 0.4) is 0 Å². The molecule has 4 aromatic heterocycles. The van der Waals surface area contributed by atoms with Crippen LogP contribution in [-0.4, -0.2) is 109 Å². The van der Waals surface area contributed by atoms with Crippen LogP contribution in [0.5, 0.6) is 0 Å². The van der Waals surface area contributed by atoms with Crippen LogP contribution in [-0.2, 0) is 39.4 Å². The highest BCUT2D eigenvalue weighted by Gasteiger charge is 2.52. The number of fused-ring (bicyclic) bond motifs is 2. The monoisotopic (exact) mass is 707 g/mol. The molecule has 0 spiro atoms. The van der Waals surface area contributed by atoms with E-state index in [1.54, 1.807) is 0 Å². The van der Waals surface area contributed by atoms with E-state index in [9.17, 15) is 29.6 Å². The van der Waals surface area contributed by atoms with Crippen LogP contribution in [0.15, 0.2) is 23.8 Å². The third-order valence-corrected chi connectivity index (χ3v) is 9.33. The number of ether oxygens (including phenoxy) is 2.